The molecule has 0 aromatic heterocycles. The topological polar surface area (TPSA) is 95.5 Å². The molecule has 2 atom stereocenters. The highest BCUT2D eigenvalue weighted by atomic mass is 35.5. The minimum atomic E-state index is -0.974. The van der Waals surface area contributed by atoms with Crippen LogP contribution in [-0.4, -0.2) is 22.9 Å². The van der Waals surface area contributed by atoms with E-state index in [1.54, 1.807) is 32.0 Å². The zero-order valence-corrected chi connectivity index (χ0v) is 14.9. The monoisotopic (exact) mass is 364 g/mol. The van der Waals surface area contributed by atoms with Gasteiger partial charge in [0.05, 0.1) is 22.5 Å². The summed E-state index contributed by atoms with van der Waals surface area (Å²) in [5.74, 6) is -2.63. The van der Waals surface area contributed by atoms with Gasteiger partial charge in [0.15, 0.2) is 0 Å². The first kappa shape index (κ1) is 17.7. The van der Waals surface area contributed by atoms with Crippen LogP contribution in [0.5, 0.6) is 0 Å². The van der Waals surface area contributed by atoms with Crippen LogP contribution in [0, 0.1) is 23.2 Å². The van der Waals surface area contributed by atoms with E-state index in [0.717, 1.165) is 19.3 Å². The number of carboxylic acids is 1. The average Bonchev–Trinajstić information content (AvgIpc) is 3.03. The van der Waals surface area contributed by atoms with Crippen LogP contribution < -0.4 is 10.6 Å². The molecule has 2 aliphatic rings. The predicted octanol–water partition coefficient (Wildman–Crippen LogP) is 3.37. The summed E-state index contributed by atoms with van der Waals surface area (Å²) < 4.78 is 0. The fourth-order valence-electron chi connectivity index (χ4n) is 3.41. The van der Waals surface area contributed by atoms with Crippen molar-refractivity contribution in [3.05, 3.63) is 23.2 Å². The summed E-state index contributed by atoms with van der Waals surface area (Å²) in [5.41, 5.74) is 0.338. The molecule has 25 heavy (non-hydrogen) atoms. The van der Waals surface area contributed by atoms with Crippen molar-refractivity contribution in [1.29, 1.82) is 0 Å². The second kappa shape index (κ2) is 6.33. The van der Waals surface area contributed by atoms with Crippen LogP contribution in [-0.2, 0) is 14.4 Å². The van der Waals surface area contributed by atoms with Gasteiger partial charge < -0.3 is 15.7 Å². The van der Waals surface area contributed by atoms with Gasteiger partial charge in [0.2, 0.25) is 11.8 Å². The molecule has 2 fully saturated rings. The number of carboxylic acid groups (broad SMARTS) is 1. The Kier molecular flexibility index (Phi) is 4.49. The number of anilines is 2. The fraction of sp³-hybridized carbons (Fsp3) is 0.500. The number of halogens is 1. The summed E-state index contributed by atoms with van der Waals surface area (Å²) in [7, 11) is 0. The van der Waals surface area contributed by atoms with Gasteiger partial charge in [-0.2, -0.15) is 0 Å². The molecule has 7 heteroatoms. The Morgan fingerprint density at radius 3 is 2.32 bits per heavy atom. The maximum absolute atomic E-state index is 12.4. The van der Waals surface area contributed by atoms with E-state index in [1.165, 1.54) is 0 Å². The predicted molar refractivity (Wildman–Crippen MR) is 94.4 cm³/mol. The Morgan fingerprint density at radius 2 is 1.80 bits per heavy atom. The quantitative estimate of drug-likeness (QED) is 0.746. The zero-order valence-electron chi connectivity index (χ0n) is 14.1. The molecule has 1 aromatic rings. The number of carbonyl (C=O) groups is 3. The van der Waals surface area contributed by atoms with Crippen molar-refractivity contribution in [3.8, 4) is 0 Å². The number of carbonyl (C=O) groups excluding carboxylic acids is 2. The lowest BCUT2D eigenvalue weighted by atomic mass is 9.85. The first-order valence-electron chi connectivity index (χ1n) is 8.36. The van der Waals surface area contributed by atoms with Gasteiger partial charge in [-0.25, -0.2) is 0 Å². The molecule has 3 N–H and O–H groups in total. The molecule has 0 bridgehead atoms. The van der Waals surface area contributed by atoms with Crippen molar-refractivity contribution in [2.45, 2.75) is 33.1 Å². The molecule has 134 valence electrons. The van der Waals surface area contributed by atoms with Crippen LogP contribution in [0.15, 0.2) is 18.2 Å². The Morgan fingerprint density at radius 1 is 1.12 bits per heavy atom. The van der Waals surface area contributed by atoms with Crippen molar-refractivity contribution in [2.75, 3.05) is 10.6 Å². The Labute approximate surface area is 150 Å². The van der Waals surface area contributed by atoms with Crippen LogP contribution >= 0.6 is 11.6 Å². The van der Waals surface area contributed by atoms with E-state index in [9.17, 15) is 19.5 Å². The molecule has 0 saturated heterocycles. The van der Waals surface area contributed by atoms with Crippen LogP contribution in [0.4, 0.5) is 11.4 Å². The number of benzene rings is 1. The molecule has 3 rings (SSSR count). The third-order valence-electron chi connectivity index (χ3n) is 5.34. The number of hydrogen-bond acceptors (Lipinski definition) is 3. The van der Waals surface area contributed by atoms with Gasteiger partial charge in [-0.05, 0) is 36.5 Å². The van der Waals surface area contributed by atoms with Crippen molar-refractivity contribution in [1.82, 2.24) is 0 Å². The summed E-state index contributed by atoms with van der Waals surface area (Å²) in [4.78, 5) is 35.7. The molecule has 1 aromatic carbocycles. The maximum atomic E-state index is 12.4. The molecular weight excluding hydrogens is 344 g/mol. The fourth-order valence-corrected chi connectivity index (χ4v) is 3.58. The number of amides is 2. The van der Waals surface area contributed by atoms with E-state index in [2.05, 4.69) is 10.6 Å². The van der Waals surface area contributed by atoms with E-state index in [-0.39, 0.29) is 17.7 Å². The summed E-state index contributed by atoms with van der Waals surface area (Å²) in [6.45, 7) is 3.51. The minimum absolute atomic E-state index is 0.0277. The summed E-state index contributed by atoms with van der Waals surface area (Å²) in [5, 5.41) is 15.1. The van der Waals surface area contributed by atoms with Gasteiger partial charge in [0.25, 0.3) is 0 Å². The average molecular weight is 365 g/mol. The molecule has 0 heterocycles. The van der Waals surface area contributed by atoms with E-state index >= 15 is 0 Å². The highest BCUT2D eigenvalue weighted by molar-refractivity contribution is 6.34. The molecule has 6 nitrogen and oxygen atoms in total. The van der Waals surface area contributed by atoms with E-state index in [0.29, 0.717) is 16.4 Å². The molecule has 0 radical (unpaired) electrons. The number of nitrogens with one attached hydrogen (secondary N) is 2. The molecular formula is C18H21ClN2O4. The molecule has 2 amide bonds. The van der Waals surface area contributed by atoms with Gasteiger partial charge >= 0.3 is 5.97 Å². The van der Waals surface area contributed by atoms with Crippen LogP contribution in [0.2, 0.25) is 5.02 Å². The Hall–Kier alpha value is -2.08. The molecule has 2 saturated carbocycles. The number of hydrogen-bond donors (Lipinski definition) is 3. The largest absolute Gasteiger partial charge is 0.481 e. The number of rotatable bonds is 5. The van der Waals surface area contributed by atoms with Crippen molar-refractivity contribution >= 4 is 40.8 Å². The Balaban J connectivity index is 1.70. The first-order valence-corrected chi connectivity index (χ1v) is 8.73. The Bertz CT molecular complexity index is 743. The van der Waals surface area contributed by atoms with Crippen molar-refractivity contribution < 1.29 is 19.5 Å². The van der Waals surface area contributed by atoms with Crippen molar-refractivity contribution in [2.24, 2.45) is 23.2 Å². The molecule has 2 aliphatic carbocycles. The molecule has 0 aliphatic heterocycles. The SMILES string of the molecule is CC1(C)[C@@H](C(=O)O)[C@@H]1C(=O)Nc1cc(NC(=O)C2CCC2)ccc1Cl. The third kappa shape index (κ3) is 3.35. The van der Waals surface area contributed by atoms with Gasteiger partial charge in [0, 0.05) is 11.6 Å². The highest BCUT2D eigenvalue weighted by Gasteiger charge is 2.65. The van der Waals surface area contributed by atoms with E-state index in [1.807, 2.05) is 0 Å². The lowest BCUT2D eigenvalue weighted by molar-refractivity contribution is -0.140. The van der Waals surface area contributed by atoms with Crippen LogP contribution in [0.1, 0.15) is 33.1 Å². The third-order valence-corrected chi connectivity index (χ3v) is 5.67. The lowest BCUT2D eigenvalue weighted by Crippen LogP contribution is -2.28. The van der Waals surface area contributed by atoms with E-state index < -0.39 is 23.2 Å². The van der Waals surface area contributed by atoms with Crippen LogP contribution in [0.3, 0.4) is 0 Å². The number of aliphatic carboxylic acids is 1. The molecule has 0 unspecified atom stereocenters. The van der Waals surface area contributed by atoms with Gasteiger partial charge in [-0.1, -0.05) is 31.9 Å². The standard InChI is InChI=1S/C18H21ClN2O4/c1-18(2)13(14(18)17(24)25)16(23)21-12-8-10(6-7-11(12)19)20-15(22)9-4-3-5-9/h6-9,13-14H,3-5H2,1-2H3,(H,20,22)(H,21,23)(H,24,25)/t13-,14-/m1/s1. The zero-order chi connectivity index (χ0) is 18.4. The minimum Gasteiger partial charge on any atom is -0.481 e. The van der Waals surface area contributed by atoms with Crippen LogP contribution in [0.25, 0.3) is 0 Å². The normalized spacial score (nSPS) is 24.1. The van der Waals surface area contributed by atoms with Crippen molar-refractivity contribution in [3.63, 3.8) is 0 Å². The highest BCUT2D eigenvalue weighted by Crippen LogP contribution is 2.58. The summed E-state index contributed by atoms with van der Waals surface area (Å²) in [6.07, 6.45) is 2.87. The van der Waals surface area contributed by atoms with Gasteiger partial charge in [-0.3, -0.25) is 14.4 Å². The molecule has 0 spiro atoms. The second-order valence-electron chi connectivity index (χ2n) is 7.42. The van der Waals surface area contributed by atoms with Gasteiger partial charge in [0.1, 0.15) is 0 Å². The van der Waals surface area contributed by atoms with Gasteiger partial charge in [-0.15, -0.1) is 0 Å². The first-order chi connectivity index (χ1) is 11.7. The van der Waals surface area contributed by atoms with E-state index in [4.69, 9.17) is 11.6 Å². The lowest BCUT2D eigenvalue weighted by Gasteiger charge is -2.24. The summed E-state index contributed by atoms with van der Waals surface area (Å²) >= 11 is 6.13. The maximum Gasteiger partial charge on any atom is 0.307 e. The second-order valence-corrected chi connectivity index (χ2v) is 7.82. The smallest absolute Gasteiger partial charge is 0.307 e. The summed E-state index contributed by atoms with van der Waals surface area (Å²) in [6, 6.07) is 4.87.